The van der Waals surface area contributed by atoms with Gasteiger partial charge in [-0.25, -0.2) is 9.78 Å². The molecule has 0 radical (unpaired) electrons. The highest BCUT2D eigenvalue weighted by atomic mass is 16.4. The van der Waals surface area contributed by atoms with Crippen LogP contribution in [0, 0.1) is 5.92 Å². The molecule has 1 aromatic heterocycles. The number of carboxylic acid groups (broad SMARTS) is 1. The van der Waals surface area contributed by atoms with Crippen molar-refractivity contribution in [3.8, 4) is 5.75 Å². The Morgan fingerprint density at radius 1 is 0.900 bits per heavy atom. The predicted octanol–water partition coefficient (Wildman–Crippen LogP) is -2.20. The highest BCUT2D eigenvalue weighted by molar-refractivity contribution is 5.97. The molecule has 1 fully saturated rings. The minimum Gasteiger partial charge on any atom is -0.508 e. The number of carboxylic acids is 1. The number of aromatic hydroxyl groups is 1. The van der Waals surface area contributed by atoms with Gasteiger partial charge in [0, 0.05) is 37.7 Å². The van der Waals surface area contributed by atoms with Gasteiger partial charge in [0.1, 0.15) is 36.0 Å². The zero-order chi connectivity index (χ0) is 44.4. The summed E-state index contributed by atoms with van der Waals surface area (Å²) >= 11 is 0. The number of unbranched alkanes of at least 4 members (excludes halogenated alkanes) is 1. The van der Waals surface area contributed by atoms with Gasteiger partial charge < -0.3 is 63.9 Å². The van der Waals surface area contributed by atoms with Crippen molar-refractivity contribution in [2.45, 2.75) is 114 Å². The van der Waals surface area contributed by atoms with Crippen molar-refractivity contribution in [1.29, 1.82) is 0 Å². The number of imidazole rings is 1. The van der Waals surface area contributed by atoms with Crippen LogP contribution in [0.25, 0.3) is 0 Å². The summed E-state index contributed by atoms with van der Waals surface area (Å²) in [6.45, 7) is 3.46. The fourth-order valence-electron chi connectivity index (χ4n) is 6.60. The molecule has 0 aliphatic carbocycles. The number of amides is 7. The van der Waals surface area contributed by atoms with Gasteiger partial charge in [-0.2, -0.15) is 0 Å². The number of aromatic nitrogens is 2. The molecular weight excluding hydrogens is 782 g/mol. The van der Waals surface area contributed by atoms with Crippen LogP contribution in [-0.2, 0) is 51.2 Å². The van der Waals surface area contributed by atoms with Crippen molar-refractivity contribution < 1.29 is 48.6 Å². The van der Waals surface area contributed by atoms with Gasteiger partial charge in [-0.05, 0) is 68.7 Å². The van der Waals surface area contributed by atoms with Gasteiger partial charge in [0.2, 0.25) is 41.4 Å². The van der Waals surface area contributed by atoms with Gasteiger partial charge in [-0.3, -0.25) is 33.6 Å². The number of benzene rings is 1. The van der Waals surface area contributed by atoms with E-state index in [9.17, 15) is 48.6 Å². The van der Waals surface area contributed by atoms with E-state index in [2.05, 4.69) is 36.6 Å². The van der Waals surface area contributed by atoms with E-state index in [0.717, 1.165) is 0 Å². The van der Waals surface area contributed by atoms with E-state index >= 15 is 0 Å². The monoisotopic (exact) mass is 841 g/mol. The maximum Gasteiger partial charge on any atom is 0.326 e. The van der Waals surface area contributed by atoms with Crippen molar-refractivity contribution in [2.24, 2.45) is 23.1 Å². The van der Waals surface area contributed by atoms with E-state index in [1.807, 2.05) is 0 Å². The molecule has 330 valence electrons. The molecule has 7 unspecified atom stereocenters. The largest absolute Gasteiger partial charge is 0.508 e. The number of nitrogens with one attached hydrogen (secondary N) is 6. The Hall–Kier alpha value is -6.09. The Morgan fingerprint density at radius 2 is 1.58 bits per heavy atom. The Balaban J connectivity index is 1.85. The SMILES string of the molecule is CCC(C)C(NC(=O)C(Cc1ccc(O)cc1)NC(=O)C(CCCCN)NC(=O)CNC(=O)C(N)CCC(N)=O)C(=O)NC(Cc1cnc[nH]1)C(=O)N1CCCC1C(=O)O. The number of hydrogen-bond acceptors (Lipinski definition) is 12. The molecule has 7 atom stereocenters. The van der Waals surface area contributed by atoms with Crippen molar-refractivity contribution in [2.75, 3.05) is 19.6 Å². The summed E-state index contributed by atoms with van der Waals surface area (Å²) < 4.78 is 0. The maximum absolute atomic E-state index is 14.2. The van der Waals surface area contributed by atoms with Gasteiger partial charge >= 0.3 is 5.97 Å². The first-order valence-corrected chi connectivity index (χ1v) is 20.0. The van der Waals surface area contributed by atoms with E-state index in [4.69, 9.17) is 17.2 Å². The van der Waals surface area contributed by atoms with E-state index in [0.29, 0.717) is 43.5 Å². The van der Waals surface area contributed by atoms with E-state index in [1.165, 1.54) is 29.6 Å². The molecule has 1 aromatic carbocycles. The number of hydrogen-bond donors (Lipinski definition) is 11. The van der Waals surface area contributed by atoms with Crippen LogP contribution in [-0.4, -0.2) is 128 Å². The maximum atomic E-state index is 14.2. The third kappa shape index (κ3) is 15.3. The Bertz CT molecular complexity index is 1780. The van der Waals surface area contributed by atoms with Crippen LogP contribution in [0.2, 0.25) is 0 Å². The van der Waals surface area contributed by atoms with Crippen LogP contribution < -0.4 is 43.8 Å². The number of rotatable bonds is 25. The average Bonchev–Trinajstić information content (AvgIpc) is 3.93. The third-order valence-corrected chi connectivity index (χ3v) is 10.3. The molecule has 1 saturated heterocycles. The minimum absolute atomic E-state index is 0.0351. The van der Waals surface area contributed by atoms with Gasteiger partial charge in [0.15, 0.2) is 0 Å². The molecule has 0 saturated carbocycles. The van der Waals surface area contributed by atoms with E-state index < -0.39 is 96.0 Å². The molecule has 2 heterocycles. The fourth-order valence-corrected chi connectivity index (χ4v) is 6.60. The second-order valence-corrected chi connectivity index (χ2v) is 14.9. The smallest absolute Gasteiger partial charge is 0.326 e. The molecular formula is C39H59N11O10. The van der Waals surface area contributed by atoms with Crippen LogP contribution in [0.1, 0.15) is 76.5 Å². The van der Waals surface area contributed by atoms with Crippen LogP contribution in [0.5, 0.6) is 5.75 Å². The van der Waals surface area contributed by atoms with Crippen molar-refractivity contribution in [3.63, 3.8) is 0 Å². The van der Waals surface area contributed by atoms with Crippen molar-refractivity contribution >= 4 is 47.3 Å². The number of aromatic amines is 1. The summed E-state index contributed by atoms with van der Waals surface area (Å²) in [5, 5.41) is 32.8. The quantitative estimate of drug-likeness (QED) is 0.0474. The van der Waals surface area contributed by atoms with Crippen LogP contribution in [0.4, 0.5) is 0 Å². The lowest BCUT2D eigenvalue weighted by Gasteiger charge is -2.31. The molecule has 1 aliphatic rings. The number of likely N-dealkylation sites (tertiary alicyclic amines) is 1. The standard InChI is InChI=1S/C39H59N11O10/c1-3-22(2)33(37(57)48-29(18-24-19-43-21-45-24)38(58)50-16-6-8-30(50)39(59)60)49-36(56)28(17-23-9-11-25(51)12-10-23)47-35(55)27(7-4-5-15-40)46-32(53)20-44-34(54)26(41)13-14-31(42)52/h9-12,19,21-22,26-30,33,51H,3-8,13-18,20,40-41H2,1-2H3,(H2,42,52)(H,43,45)(H,44,54)(H,46,53)(H,47,55)(H,48,57)(H,49,56)(H,59,60). The predicted molar refractivity (Wildman–Crippen MR) is 216 cm³/mol. The number of phenolic OH excluding ortho intramolecular Hbond substituents is 1. The van der Waals surface area contributed by atoms with Crippen LogP contribution >= 0.6 is 0 Å². The molecule has 0 bridgehead atoms. The molecule has 60 heavy (non-hydrogen) atoms. The number of carbonyl (C=O) groups excluding carboxylic acids is 7. The molecule has 2 aromatic rings. The summed E-state index contributed by atoms with van der Waals surface area (Å²) in [6, 6.07) is -1.24. The highest BCUT2D eigenvalue weighted by Crippen LogP contribution is 2.20. The van der Waals surface area contributed by atoms with Gasteiger partial charge in [0.25, 0.3) is 0 Å². The minimum atomic E-state index is -1.33. The second-order valence-electron chi connectivity index (χ2n) is 14.9. The Labute approximate surface area is 347 Å². The molecule has 3 rings (SSSR count). The summed E-state index contributed by atoms with van der Waals surface area (Å²) in [5.74, 6) is -6.65. The van der Waals surface area contributed by atoms with Gasteiger partial charge in [0.05, 0.1) is 18.9 Å². The molecule has 21 heteroatoms. The van der Waals surface area contributed by atoms with E-state index in [1.54, 1.807) is 26.0 Å². The summed E-state index contributed by atoms with van der Waals surface area (Å²) in [7, 11) is 0. The first-order valence-electron chi connectivity index (χ1n) is 20.0. The molecule has 7 amide bonds. The average molecular weight is 842 g/mol. The fraction of sp³-hybridized carbons (Fsp3) is 0.564. The first-order chi connectivity index (χ1) is 28.5. The van der Waals surface area contributed by atoms with Crippen molar-refractivity contribution in [3.05, 3.63) is 48.0 Å². The van der Waals surface area contributed by atoms with Gasteiger partial charge in [-0.1, -0.05) is 32.4 Å². The number of primary amides is 1. The van der Waals surface area contributed by atoms with Crippen molar-refractivity contribution in [1.82, 2.24) is 41.5 Å². The first kappa shape index (κ1) is 48.3. The lowest BCUT2D eigenvalue weighted by Crippen LogP contribution is -2.61. The number of phenols is 1. The van der Waals surface area contributed by atoms with Crippen LogP contribution in [0.15, 0.2) is 36.8 Å². The number of nitrogens with zero attached hydrogens (tertiary/aromatic N) is 2. The number of nitrogens with two attached hydrogens (primary N) is 3. The second kappa shape index (κ2) is 24.1. The molecule has 0 spiro atoms. The lowest BCUT2D eigenvalue weighted by molar-refractivity contribution is -0.149. The van der Waals surface area contributed by atoms with Crippen LogP contribution in [0.3, 0.4) is 0 Å². The number of carbonyl (C=O) groups is 8. The summed E-state index contributed by atoms with van der Waals surface area (Å²) in [5.41, 5.74) is 17.6. The molecule has 1 aliphatic heterocycles. The zero-order valence-corrected chi connectivity index (χ0v) is 34.0. The Morgan fingerprint density at radius 3 is 2.20 bits per heavy atom. The molecule has 14 N–H and O–H groups in total. The topological polar surface area (TPSA) is 347 Å². The van der Waals surface area contributed by atoms with Gasteiger partial charge in [-0.15, -0.1) is 0 Å². The molecule has 21 nitrogen and oxygen atoms in total. The van der Waals surface area contributed by atoms with E-state index in [-0.39, 0.29) is 50.8 Å². The summed E-state index contributed by atoms with van der Waals surface area (Å²) in [4.78, 5) is 113. The summed E-state index contributed by atoms with van der Waals surface area (Å²) in [6.07, 6.45) is 4.71. The highest BCUT2D eigenvalue weighted by Gasteiger charge is 2.39. The normalized spacial score (nSPS) is 16.6. The number of aliphatic carboxylic acids is 1. The zero-order valence-electron chi connectivity index (χ0n) is 34.0. The Kier molecular flexibility index (Phi) is 19.4. The lowest BCUT2D eigenvalue weighted by atomic mass is 9.96. The third-order valence-electron chi connectivity index (χ3n) is 10.3. The number of H-pyrrole nitrogens is 1.